The van der Waals surface area contributed by atoms with Crippen molar-refractivity contribution < 1.29 is 0 Å². The normalized spacial score (nSPS) is 15.1. The van der Waals surface area contributed by atoms with Crippen molar-refractivity contribution in [2.24, 2.45) is 0 Å². The van der Waals surface area contributed by atoms with Crippen LogP contribution in [0.4, 0.5) is 11.6 Å². The fourth-order valence-electron chi connectivity index (χ4n) is 2.61. The number of anilines is 2. The summed E-state index contributed by atoms with van der Waals surface area (Å²) in [5, 5.41) is 2.37. The Morgan fingerprint density at radius 1 is 0.870 bits per heavy atom. The van der Waals surface area contributed by atoms with Gasteiger partial charge in [0.1, 0.15) is 15.1 Å². The predicted molar refractivity (Wildman–Crippen MR) is 101 cm³/mol. The van der Waals surface area contributed by atoms with E-state index in [1.807, 2.05) is 12.5 Å². The number of hydrogen-bond acceptors (Lipinski definition) is 6. The van der Waals surface area contributed by atoms with Crippen molar-refractivity contribution in [1.29, 1.82) is 0 Å². The molecule has 0 bridgehead atoms. The molecule has 2 heterocycles. The molecule has 7 heteroatoms. The van der Waals surface area contributed by atoms with E-state index in [2.05, 4.69) is 50.1 Å². The number of nitrogens with zero attached hydrogens (tertiary/aromatic N) is 4. The molecule has 0 unspecified atom stereocenters. The van der Waals surface area contributed by atoms with Crippen molar-refractivity contribution in [3.63, 3.8) is 0 Å². The van der Waals surface area contributed by atoms with Crippen molar-refractivity contribution in [2.45, 2.75) is 10.1 Å². The molecule has 0 spiro atoms. The lowest BCUT2D eigenvalue weighted by molar-refractivity contribution is 0.634. The summed E-state index contributed by atoms with van der Waals surface area (Å²) in [6.45, 7) is 3.77. The molecule has 1 saturated heterocycles. The average molecular weight is 367 g/mol. The summed E-state index contributed by atoms with van der Waals surface area (Å²) in [5.74, 6) is 0.788. The van der Waals surface area contributed by atoms with E-state index in [0.29, 0.717) is 5.02 Å². The molecule has 122 valence electrons. The van der Waals surface area contributed by atoms with Crippen molar-refractivity contribution in [2.75, 3.05) is 48.5 Å². The van der Waals surface area contributed by atoms with Gasteiger partial charge in [0, 0.05) is 31.9 Å². The van der Waals surface area contributed by atoms with Crippen molar-refractivity contribution in [1.82, 2.24) is 9.97 Å². The first-order valence-corrected chi connectivity index (χ1v) is 10.3. The van der Waals surface area contributed by atoms with Gasteiger partial charge in [-0.25, -0.2) is 9.97 Å². The molecule has 23 heavy (non-hydrogen) atoms. The molecule has 3 rings (SSSR count). The van der Waals surface area contributed by atoms with Crippen molar-refractivity contribution in [3.05, 3.63) is 35.4 Å². The molecule has 4 nitrogen and oxygen atoms in total. The molecule has 0 amide bonds. The minimum atomic E-state index is 0.664. The fourth-order valence-corrected chi connectivity index (χ4v) is 4.12. The molecule has 1 aliphatic rings. The van der Waals surface area contributed by atoms with Crippen LogP contribution in [0.2, 0.25) is 5.02 Å². The number of para-hydroxylation sites is 1. The maximum absolute atomic E-state index is 6.33. The molecule has 2 aromatic rings. The second-order valence-electron chi connectivity index (χ2n) is 5.17. The molecule has 0 saturated carbocycles. The number of hydrogen-bond donors (Lipinski definition) is 0. The zero-order valence-corrected chi connectivity index (χ0v) is 15.6. The Morgan fingerprint density at radius 3 is 1.91 bits per heavy atom. The topological polar surface area (TPSA) is 32.3 Å². The lowest BCUT2D eigenvalue weighted by atomic mass is 10.2. The van der Waals surface area contributed by atoms with Crippen LogP contribution in [0.25, 0.3) is 0 Å². The Hall–Kier alpha value is -1.11. The Balaban J connectivity index is 1.75. The van der Waals surface area contributed by atoms with E-state index in [9.17, 15) is 0 Å². The highest BCUT2D eigenvalue weighted by Crippen LogP contribution is 2.33. The largest absolute Gasteiger partial charge is 0.368 e. The van der Waals surface area contributed by atoms with E-state index >= 15 is 0 Å². The van der Waals surface area contributed by atoms with Gasteiger partial charge in [-0.1, -0.05) is 29.8 Å². The molecule has 1 aromatic heterocycles. The van der Waals surface area contributed by atoms with Crippen LogP contribution >= 0.6 is 35.1 Å². The van der Waals surface area contributed by atoms with Gasteiger partial charge < -0.3 is 9.80 Å². The third-order valence-electron chi connectivity index (χ3n) is 3.85. The summed E-state index contributed by atoms with van der Waals surface area (Å²) in [6.07, 6.45) is 3.99. The Labute approximate surface area is 150 Å². The van der Waals surface area contributed by atoms with E-state index in [1.165, 1.54) is 5.69 Å². The molecule has 0 aliphatic carbocycles. The number of piperazine rings is 1. The Morgan fingerprint density at radius 2 is 1.39 bits per heavy atom. The highest BCUT2D eigenvalue weighted by atomic mass is 35.5. The maximum atomic E-state index is 6.33. The zero-order valence-electron chi connectivity index (χ0n) is 13.2. The van der Waals surface area contributed by atoms with E-state index in [1.54, 1.807) is 23.5 Å². The third-order valence-corrected chi connectivity index (χ3v) is 5.80. The van der Waals surface area contributed by atoms with Gasteiger partial charge in [0.15, 0.2) is 0 Å². The third kappa shape index (κ3) is 3.70. The van der Waals surface area contributed by atoms with Crippen LogP contribution in [0.15, 0.2) is 40.4 Å². The molecule has 1 aromatic carbocycles. The second kappa shape index (κ2) is 7.64. The first-order chi connectivity index (χ1) is 11.2. The molecule has 0 radical (unpaired) electrons. The number of halogens is 1. The molecule has 1 fully saturated rings. The van der Waals surface area contributed by atoms with Crippen molar-refractivity contribution >= 4 is 46.8 Å². The number of rotatable bonds is 4. The smallest absolute Gasteiger partial charge is 0.227 e. The first kappa shape index (κ1) is 16.7. The summed E-state index contributed by atoms with van der Waals surface area (Å²) < 4.78 is 0. The van der Waals surface area contributed by atoms with Crippen LogP contribution in [0.5, 0.6) is 0 Å². The number of thioether (sulfide) groups is 2. The lowest BCUT2D eigenvalue weighted by Crippen LogP contribution is -2.47. The summed E-state index contributed by atoms with van der Waals surface area (Å²) in [5.41, 5.74) is 1.28. The van der Waals surface area contributed by atoms with E-state index in [-0.39, 0.29) is 0 Å². The zero-order chi connectivity index (χ0) is 16.2. The van der Waals surface area contributed by atoms with E-state index in [0.717, 1.165) is 42.2 Å². The van der Waals surface area contributed by atoms with Crippen molar-refractivity contribution in [3.8, 4) is 0 Å². The molecule has 1 aliphatic heterocycles. The van der Waals surface area contributed by atoms with Gasteiger partial charge >= 0.3 is 0 Å². The average Bonchev–Trinajstić information content (AvgIpc) is 2.63. The van der Waals surface area contributed by atoms with Gasteiger partial charge in [-0.2, -0.15) is 0 Å². The Bertz CT molecular complexity index is 635. The minimum absolute atomic E-state index is 0.664. The molecular weight excluding hydrogens is 348 g/mol. The lowest BCUT2D eigenvalue weighted by Gasteiger charge is -2.36. The quantitative estimate of drug-likeness (QED) is 0.602. The molecule has 0 N–H and O–H groups in total. The SMILES string of the molecule is CSc1nc(N2CCN(c3ccccc3)CC2)nc(SC)c1Cl. The monoisotopic (exact) mass is 366 g/mol. The van der Waals surface area contributed by atoms with Gasteiger partial charge in [-0.3, -0.25) is 0 Å². The standard InChI is InChI=1S/C16H19ClN4S2/c1-22-14-13(17)15(23-2)19-16(18-14)21-10-8-20(9-11-21)12-6-4-3-5-7-12/h3-7H,8-11H2,1-2H3. The number of aromatic nitrogens is 2. The van der Waals surface area contributed by atoms with Crippen LogP contribution in [-0.2, 0) is 0 Å². The second-order valence-corrected chi connectivity index (χ2v) is 7.13. The fraction of sp³-hybridized carbons (Fsp3) is 0.375. The van der Waals surface area contributed by atoms with Gasteiger partial charge in [0.05, 0.1) is 0 Å². The first-order valence-electron chi connectivity index (χ1n) is 7.43. The van der Waals surface area contributed by atoms with Gasteiger partial charge in [0.25, 0.3) is 0 Å². The highest BCUT2D eigenvalue weighted by molar-refractivity contribution is 7.99. The van der Waals surface area contributed by atoms with E-state index < -0.39 is 0 Å². The van der Waals surface area contributed by atoms with E-state index in [4.69, 9.17) is 11.6 Å². The molecular formula is C16H19ClN4S2. The van der Waals surface area contributed by atoms with Gasteiger partial charge in [-0.15, -0.1) is 23.5 Å². The van der Waals surface area contributed by atoms with Gasteiger partial charge in [-0.05, 0) is 24.6 Å². The maximum Gasteiger partial charge on any atom is 0.227 e. The summed E-state index contributed by atoms with van der Waals surface area (Å²) in [6, 6.07) is 10.5. The van der Waals surface area contributed by atoms with Crippen LogP contribution in [0.1, 0.15) is 0 Å². The van der Waals surface area contributed by atoms with Gasteiger partial charge in [0.2, 0.25) is 5.95 Å². The summed E-state index contributed by atoms with van der Waals surface area (Å²) in [7, 11) is 0. The summed E-state index contributed by atoms with van der Waals surface area (Å²) in [4.78, 5) is 13.9. The predicted octanol–water partition coefficient (Wildman–Crippen LogP) is 3.90. The van der Waals surface area contributed by atoms with Crippen LogP contribution in [0, 0.1) is 0 Å². The minimum Gasteiger partial charge on any atom is -0.368 e. The highest BCUT2D eigenvalue weighted by Gasteiger charge is 2.21. The Kier molecular flexibility index (Phi) is 5.56. The summed E-state index contributed by atoms with van der Waals surface area (Å²) >= 11 is 9.46. The molecule has 0 atom stereocenters. The van der Waals surface area contributed by atoms with Crippen LogP contribution < -0.4 is 9.80 Å². The van der Waals surface area contributed by atoms with Crippen LogP contribution in [0.3, 0.4) is 0 Å². The van der Waals surface area contributed by atoms with Crippen LogP contribution in [-0.4, -0.2) is 48.7 Å². The number of benzene rings is 1.